The minimum absolute atomic E-state index is 0.0431. The van der Waals surface area contributed by atoms with Gasteiger partial charge in [0.2, 0.25) is 5.56 Å². The van der Waals surface area contributed by atoms with Gasteiger partial charge in [0.25, 0.3) is 0 Å². The summed E-state index contributed by atoms with van der Waals surface area (Å²) in [6, 6.07) is 5.69. The molecule has 21 heavy (non-hydrogen) atoms. The van der Waals surface area contributed by atoms with E-state index in [1.54, 1.807) is 16.7 Å². The Morgan fingerprint density at radius 2 is 2.05 bits per heavy atom. The summed E-state index contributed by atoms with van der Waals surface area (Å²) in [4.78, 5) is 11.6. The fourth-order valence-corrected chi connectivity index (χ4v) is 3.21. The monoisotopic (exact) mass is 292 g/mol. The Labute approximate surface area is 127 Å². The Hall–Kier alpha value is -1.13. The summed E-state index contributed by atoms with van der Waals surface area (Å²) in [7, 11) is 0. The molecule has 1 saturated heterocycles. The number of ether oxygens (including phenoxy) is 1. The van der Waals surface area contributed by atoms with Crippen molar-refractivity contribution >= 4 is 0 Å². The van der Waals surface area contributed by atoms with E-state index in [2.05, 4.69) is 33.0 Å². The summed E-state index contributed by atoms with van der Waals surface area (Å²) in [6.07, 6.45) is 4.97. The van der Waals surface area contributed by atoms with E-state index in [4.69, 9.17) is 4.74 Å². The standard InChI is InChI=1S/C17H28N2O2/c1-16(2)13-14(17(3,4)21-16)18-10-6-8-12-19-11-7-5-9-15(19)20/h5,7,9,11,14,18H,6,8,10,12-13H2,1-4H3. The van der Waals surface area contributed by atoms with E-state index in [9.17, 15) is 4.79 Å². The maximum atomic E-state index is 11.6. The average Bonchev–Trinajstić information content (AvgIpc) is 2.59. The molecule has 4 heteroatoms. The highest BCUT2D eigenvalue weighted by atomic mass is 16.5. The molecule has 1 unspecified atom stereocenters. The number of aromatic nitrogens is 1. The lowest BCUT2D eigenvalue weighted by Gasteiger charge is -2.27. The lowest BCUT2D eigenvalue weighted by molar-refractivity contribution is -0.0697. The molecule has 0 bridgehead atoms. The van der Waals surface area contributed by atoms with Crippen molar-refractivity contribution < 1.29 is 4.74 Å². The molecule has 0 amide bonds. The highest BCUT2D eigenvalue weighted by Gasteiger charge is 2.45. The molecule has 1 N–H and O–H groups in total. The lowest BCUT2D eigenvalue weighted by atomic mass is 9.94. The van der Waals surface area contributed by atoms with Crippen LogP contribution in [-0.2, 0) is 11.3 Å². The zero-order valence-corrected chi connectivity index (χ0v) is 13.7. The van der Waals surface area contributed by atoms with Crippen molar-refractivity contribution in [1.82, 2.24) is 9.88 Å². The van der Waals surface area contributed by atoms with Crippen LogP contribution in [0.4, 0.5) is 0 Å². The highest BCUT2D eigenvalue weighted by molar-refractivity contribution is 4.98. The van der Waals surface area contributed by atoms with Gasteiger partial charge in [0, 0.05) is 24.8 Å². The number of aryl methyl sites for hydroxylation is 1. The van der Waals surface area contributed by atoms with E-state index >= 15 is 0 Å². The van der Waals surface area contributed by atoms with E-state index < -0.39 is 0 Å². The van der Waals surface area contributed by atoms with E-state index in [-0.39, 0.29) is 16.8 Å². The molecule has 0 radical (unpaired) electrons. The predicted octanol–water partition coefficient (Wildman–Crippen LogP) is 2.56. The Morgan fingerprint density at radius 1 is 1.29 bits per heavy atom. The van der Waals surface area contributed by atoms with Crippen molar-refractivity contribution in [2.45, 2.75) is 70.7 Å². The van der Waals surface area contributed by atoms with E-state index in [0.717, 1.165) is 32.4 Å². The van der Waals surface area contributed by atoms with Crippen LogP contribution in [0, 0.1) is 0 Å². The maximum Gasteiger partial charge on any atom is 0.250 e. The van der Waals surface area contributed by atoms with Crippen LogP contribution < -0.4 is 10.9 Å². The first kappa shape index (κ1) is 16.2. The molecule has 1 aliphatic rings. The van der Waals surface area contributed by atoms with Gasteiger partial charge in [-0.15, -0.1) is 0 Å². The third-order valence-electron chi connectivity index (χ3n) is 4.19. The summed E-state index contributed by atoms with van der Waals surface area (Å²) in [5, 5.41) is 3.62. The molecular weight excluding hydrogens is 264 g/mol. The quantitative estimate of drug-likeness (QED) is 0.820. The van der Waals surface area contributed by atoms with Crippen molar-refractivity contribution in [1.29, 1.82) is 0 Å². The Balaban J connectivity index is 1.71. The Bertz CT molecular complexity index is 520. The first-order chi connectivity index (χ1) is 9.80. The molecule has 1 aromatic rings. The van der Waals surface area contributed by atoms with Gasteiger partial charge >= 0.3 is 0 Å². The molecule has 0 aromatic carbocycles. The fourth-order valence-electron chi connectivity index (χ4n) is 3.21. The van der Waals surface area contributed by atoms with E-state index in [0.29, 0.717) is 6.04 Å². The molecule has 1 aliphatic heterocycles. The number of rotatable bonds is 6. The number of hydrogen-bond donors (Lipinski definition) is 1. The largest absolute Gasteiger partial charge is 0.368 e. The topological polar surface area (TPSA) is 43.3 Å². The third-order valence-corrected chi connectivity index (χ3v) is 4.19. The van der Waals surface area contributed by atoms with Gasteiger partial charge in [-0.05, 0) is 59.6 Å². The molecule has 4 nitrogen and oxygen atoms in total. The van der Waals surface area contributed by atoms with Crippen LogP contribution in [0.25, 0.3) is 0 Å². The van der Waals surface area contributed by atoms with Gasteiger partial charge < -0.3 is 14.6 Å². The molecule has 2 heterocycles. The second kappa shape index (κ2) is 6.32. The minimum Gasteiger partial charge on any atom is -0.368 e. The van der Waals surface area contributed by atoms with Gasteiger partial charge in [-0.1, -0.05) is 6.07 Å². The van der Waals surface area contributed by atoms with Crippen molar-refractivity contribution in [3.05, 3.63) is 34.7 Å². The Morgan fingerprint density at radius 3 is 2.67 bits per heavy atom. The number of pyridine rings is 1. The van der Waals surface area contributed by atoms with Crippen LogP contribution in [0.2, 0.25) is 0 Å². The first-order valence-electron chi connectivity index (χ1n) is 7.89. The molecule has 0 spiro atoms. The minimum atomic E-state index is -0.111. The molecule has 118 valence electrons. The van der Waals surface area contributed by atoms with Gasteiger partial charge in [-0.3, -0.25) is 4.79 Å². The third kappa shape index (κ3) is 4.42. The number of nitrogens with one attached hydrogen (secondary N) is 1. The average molecular weight is 292 g/mol. The van der Waals surface area contributed by atoms with Gasteiger partial charge in [0.1, 0.15) is 0 Å². The van der Waals surface area contributed by atoms with Crippen molar-refractivity contribution in [3.8, 4) is 0 Å². The normalized spacial score (nSPS) is 23.3. The molecule has 1 aromatic heterocycles. The summed E-state index contributed by atoms with van der Waals surface area (Å²) >= 11 is 0. The van der Waals surface area contributed by atoms with Crippen LogP contribution in [0.1, 0.15) is 47.0 Å². The molecule has 2 rings (SSSR count). The molecular formula is C17H28N2O2. The Kier molecular flexibility index (Phi) is 4.89. The summed E-state index contributed by atoms with van der Waals surface area (Å²) in [6.45, 7) is 10.4. The highest BCUT2D eigenvalue weighted by Crippen LogP contribution is 2.37. The van der Waals surface area contributed by atoms with Crippen LogP contribution >= 0.6 is 0 Å². The van der Waals surface area contributed by atoms with Crippen molar-refractivity contribution in [2.24, 2.45) is 0 Å². The summed E-state index contributed by atoms with van der Waals surface area (Å²) in [5.41, 5.74) is -0.0733. The maximum absolute atomic E-state index is 11.6. The number of hydrogen-bond acceptors (Lipinski definition) is 3. The summed E-state index contributed by atoms with van der Waals surface area (Å²) < 4.78 is 7.85. The van der Waals surface area contributed by atoms with Crippen molar-refractivity contribution in [3.63, 3.8) is 0 Å². The van der Waals surface area contributed by atoms with Crippen LogP contribution in [0.3, 0.4) is 0 Å². The van der Waals surface area contributed by atoms with E-state index in [1.807, 2.05) is 12.3 Å². The molecule has 0 saturated carbocycles. The molecule has 1 fully saturated rings. The van der Waals surface area contributed by atoms with Crippen molar-refractivity contribution in [2.75, 3.05) is 6.54 Å². The zero-order chi connectivity index (χ0) is 15.5. The van der Waals surface area contributed by atoms with Gasteiger partial charge in [-0.25, -0.2) is 0 Å². The molecule has 1 atom stereocenters. The first-order valence-corrected chi connectivity index (χ1v) is 7.89. The lowest BCUT2D eigenvalue weighted by Crippen LogP contribution is -2.43. The SMILES string of the molecule is CC1(C)CC(NCCCCn2ccccc2=O)C(C)(C)O1. The summed E-state index contributed by atoms with van der Waals surface area (Å²) in [5.74, 6) is 0. The van der Waals surface area contributed by atoms with Crippen LogP contribution in [0.5, 0.6) is 0 Å². The van der Waals surface area contributed by atoms with Gasteiger partial charge in [0.05, 0.1) is 11.2 Å². The fraction of sp³-hybridized carbons (Fsp3) is 0.706. The number of unbranched alkanes of at least 4 members (excludes halogenated alkanes) is 1. The second-order valence-electron chi connectivity index (χ2n) is 7.12. The van der Waals surface area contributed by atoms with E-state index in [1.165, 1.54) is 0 Å². The predicted molar refractivity (Wildman–Crippen MR) is 85.6 cm³/mol. The molecule has 0 aliphatic carbocycles. The van der Waals surface area contributed by atoms with Crippen LogP contribution in [-0.4, -0.2) is 28.4 Å². The second-order valence-corrected chi connectivity index (χ2v) is 7.12. The zero-order valence-electron chi connectivity index (χ0n) is 13.7. The van der Waals surface area contributed by atoms with Gasteiger partial charge in [-0.2, -0.15) is 0 Å². The smallest absolute Gasteiger partial charge is 0.250 e. The van der Waals surface area contributed by atoms with Crippen LogP contribution in [0.15, 0.2) is 29.2 Å². The van der Waals surface area contributed by atoms with Gasteiger partial charge in [0.15, 0.2) is 0 Å². The number of nitrogens with zero attached hydrogens (tertiary/aromatic N) is 1.